The van der Waals surface area contributed by atoms with E-state index in [0.717, 1.165) is 21.5 Å². The summed E-state index contributed by atoms with van der Waals surface area (Å²) in [6, 6.07) is 2.75. The Labute approximate surface area is 111 Å². The quantitative estimate of drug-likeness (QED) is 0.911. The molecule has 2 unspecified atom stereocenters. The lowest BCUT2D eigenvalue weighted by molar-refractivity contribution is 0.474. The van der Waals surface area contributed by atoms with Crippen molar-refractivity contribution in [3.05, 3.63) is 11.3 Å². The van der Waals surface area contributed by atoms with Gasteiger partial charge in [-0.05, 0) is 44.0 Å². The molecule has 0 saturated heterocycles. The molecule has 0 radical (unpaired) electrons. The van der Waals surface area contributed by atoms with Crippen LogP contribution in [-0.2, 0) is 0 Å². The van der Waals surface area contributed by atoms with Gasteiger partial charge in [0.1, 0.15) is 16.6 Å². The predicted octanol–water partition coefficient (Wildman–Crippen LogP) is 3.41. The van der Waals surface area contributed by atoms with E-state index in [0.29, 0.717) is 6.04 Å². The molecule has 3 nitrogen and oxygen atoms in total. The van der Waals surface area contributed by atoms with E-state index < -0.39 is 0 Å². The maximum absolute atomic E-state index is 9.09. The number of nitriles is 1. The summed E-state index contributed by atoms with van der Waals surface area (Å²) in [6.07, 6.45) is 7.20. The van der Waals surface area contributed by atoms with Crippen LogP contribution in [0.3, 0.4) is 0 Å². The van der Waals surface area contributed by atoms with Gasteiger partial charge in [-0.15, -0.1) is 0 Å². The Hall–Kier alpha value is -0.730. The molecular formula is C12H17N3S2. The van der Waals surface area contributed by atoms with Gasteiger partial charge in [0, 0.05) is 11.3 Å². The number of hydrogen-bond donors (Lipinski definition) is 1. The lowest BCUT2D eigenvalue weighted by Gasteiger charge is -2.28. The molecule has 1 saturated carbocycles. The van der Waals surface area contributed by atoms with Gasteiger partial charge in [0.2, 0.25) is 0 Å². The van der Waals surface area contributed by atoms with Crippen LogP contribution in [0, 0.1) is 18.3 Å². The zero-order chi connectivity index (χ0) is 12.3. The number of anilines is 1. The minimum atomic E-state index is 0.508. The molecule has 2 rings (SSSR count). The molecule has 1 N–H and O–H groups in total. The summed E-state index contributed by atoms with van der Waals surface area (Å²) in [5.74, 6) is 0. The first-order valence-corrected chi connectivity index (χ1v) is 7.96. The zero-order valence-electron chi connectivity index (χ0n) is 10.2. The minimum absolute atomic E-state index is 0.508. The molecule has 17 heavy (non-hydrogen) atoms. The Balaban J connectivity index is 2.03. The fourth-order valence-electron chi connectivity index (χ4n) is 2.28. The molecule has 0 spiro atoms. The van der Waals surface area contributed by atoms with E-state index in [4.69, 9.17) is 5.26 Å². The fourth-order valence-corrected chi connectivity index (χ4v) is 3.93. The van der Waals surface area contributed by atoms with Crippen molar-refractivity contribution in [2.75, 3.05) is 11.6 Å². The van der Waals surface area contributed by atoms with Gasteiger partial charge in [-0.25, -0.2) is 0 Å². The number of rotatable bonds is 3. The van der Waals surface area contributed by atoms with Crippen LogP contribution in [0.5, 0.6) is 0 Å². The van der Waals surface area contributed by atoms with Crippen LogP contribution in [0.4, 0.5) is 5.00 Å². The predicted molar refractivity (Wildman–Crippen MR) is 74.7 cm³/mol. The van der Waals surface area contributed by atoms with Gasteiger partial charge >= 0.3 is 0 Å². The van der Waals surface area contributed by atoms with E-state index in [1.54, 1.807) is 0 Å². The zero-order valence-corrected chi connectivity index (χ0v) is 11.8. The number of nitrogens with zero attached hydrogens (tertiary/aromatic N) is 2. The molecule has 0 amide bonds. The van der Waals surface area contributed by atoms with Gasteiger partial charge in [-0.3, -0.25) is 0 Å². The largest absolute Gasteiger partial charge is 0.372 e. The van der Waals surface area contributed by atoms with Gasteiger partial charge in [-0.1, -0.05) is 6.42 Å². The second kappa shape index (κ2) is 5.74. The Morgan fingerprint density at radius 2 is 2.35 bits per heavy atom. The molecule has 0 aliphatic heterocycles. The van der Waals surface area contributed by atoms with Crippen LogP contribution in [0.2, 0.25) is 0 Å². The van der Waals surface area contributed by atoms with Crippen molar-refractivity contribution in [3.8, 4) is 6.07 Å². The highest BCUT2D eigenvalue weighted by Gasteiger charge is 2.22. The van der Waals surface area contributed by atoms with Gasteiger partial charge in [-0.2, -0.15) is 21.4 Å². The molecule has 0 aromatic carbocycles. The highest BCUT2D eigenvalue weighted by Crippen LogP contribution is 2.31. The lowest BCUT2D eigenvalue weighted by atomic mass is 9.95. The summed E-state index contributed by atoms with van der Waals surface area (Å²) < 4.78 is 4.24. The van der Waals surface area contributed by atoms with Crippen molar-refractivity contribution >= 4 is 28.3 Å². The fraction of sp³-hybridized carbons (Fsp3) is 0.667. The summed E-state index contributed by atoms with van der Waals surface area (Å²) in [6.45, 7) is 1.89. The summed E-state index contributed by atoms with van der Waals surface area (Å²) in [7, 11) is 0. The summed E-state index contributed by atoms with van der Waals surface area (Å²) >= 11 is 3.37. The Bertz CT molecular complexity index is 422. The van der Waals surface area contributed by atoms with Crippen molar-refractivity contribution < 1.29 is 0 Å². The third kappa shape index (κ3) is 2.93. The smallest absolute Gasteiger partial charge is 0.127 e. The first kappa shape index (κ1) is 12.7. The van der Waals surface area contributed by atoms with Gasteiger partial charge in [0.15, 0.2) is 0 Å². The summed E-state index contributed by atoms with van der Waals surface area (Å²) in [4.78, 5) is 0. The van der Waals surface area contributed by atoms with Gasteiger partial charge < -0.3 is 5.32 Å². The topological polar surface area (TPSA) is 48.7 Å². The standard InChI is InChI=1S/C12H17N3S2/c1-8-11(7-13)12(17-15-8)14-9-4-3-5-10(6-9)16-2/h9-10,14H,3-6H2,1-2H3. The van der Waals surface area contributed by atoms with Gasteiger partial charge in [0.25, 0.3) is 0 Å². The molecule has 92 valence electrons. The molecular weight excluding hydrogens is 250 g/mol. The average Bonchev–Trinajstić information content (AvgIpc) is 2.70. The molecule has 1 aliphatic rings. The maximum atomic E-state index is 9.09. The third-order valence-corrected chi connectivity index (χ3v) is 5.23. The molecule has 0 bridgehead atoms. The molecule has 1 heterocycles. The first-order chi connectivity index (χ1) is 8.24. The van der Waals surface area contributed by atoms with Gasteiger partial charge in [0.05, 0.1) is 5.69 Å². The summed E-state index contributed by atoms with van der Waals surface area (Å²) in [5, 5.41) is 14.3. The molecule has 1 fully saturated rings. The van der Waals surface area contributed by atoms with E-state index in [1.807, 2.05) is 18.7 Å². The molecule has 1 aliphatic carbocycles. The van der Waals surface area contributed by atoms with E-state index in [2.05, 4.69) is 22.0 Å². The Morgan fingerprint density at radius 1 is 1.53 bits per heavy atom. The van der Waals surface area contributed by atoms with E-state index in [-0.39, 0.29) is 0 Å². The van der Waals surface area contributed by atoms with Crippen molar-refractivity contribution in [1.29, 1.82) is 5.26 Å². The van der Waals surface area contributed by atoms with Crippen LogP contribution in [-0.4, -0.2) is 21.9 Å². The lowest BCUT2D eigenvalue weighted by Crippen LogP contribution is -2.28. The first-order valence-electron chi connectivity index (χ1n) is 5.90. The van der Waals surface area contributed by atoms with Crippen LogP contribution in [0.25, 0.3) is 0 Å². The number of nitrogens with one attached hydrogen (secondary N) is 1. The SMILES string of the molecule is CSC1CCCC(Nc2snc(C)c2C#N)C1. The van der Waals surface area contributed by atoms with Crippen LogP contribution in [0.1, 0.15) is 36.9 Å². The number of thioether (sulfide) groups is 1. The molecule has 1 aromatic rings. The van der Waals surface area contributed by atoms with Crippen molar-refractivity contribution in [1.82, 2.24) is 4.37 Å². The van der Waals surface area contributed by atoms with E-state index in [1.165, 1.54) is 37.2 Å². The summed E-state index contributed by atoms with van der Waals surface area (Å²) in [5.41, 5.74) is 1.57. The van der Waals surface area contributed by atoms with Crippen molar-refractivity contribution in [2.45, 2.75) is 43.9 Å². The molecule has 1 aromatic heterocycles. The number of aryl methyl sites for hydroxylation is 1. The average molecular weight is 267 g/mol. The third-order valence-electron chi connectivity index (χ3n) is 3.27. The number of aromatic nitrogens is 1. The second-order valence-electron chi connectivity index (χ2n) is 4.45. The molecule has 2 atom stereocenters. The van der Waals surface area contributed by atoms with Crippen LogP contribution in [0.15, 0.2) is 0 Å². The maximum Gasteiger partial charge on any atom is 0.127 e. The highest BCUT2D eigenvalue weighted by atomic mass is 32.2. The van der Waals surface area contributed by atoms with E-state index >= 15 is 0 Å². The van der Waals surface area contributed by atoms with E-state index in [9.17, 15) is 0 Å². The second-order valence-corrected chi connectivity index (χ2v) is 6.36. The number of hydrogen-bond acceptors (Lipinski definition) is 5. The van der Waals surface area contributed by atoms with Crippen LogP contribution < -0.4 is 5.32 Å². The Kier molecular flexibility index (Phi) is 4.30. The molecule has 5 heteroatoms. The normalized spacial score (nSPS) is 24.3. The Morgan fingerprint density at radius 3 is 3.06 bits per heavy atom. The highest BCUT2D eigenvalue weighted by molar-refractivity contribution is 7.99. The van der Waals surface area contributed by atoms with Crippen molar-refractivity contribution in [2.24, 2.45) is 0 Å². The minimum Gasteiger partial charge on any atom is -0.372 e. The van der Waals surface area contributed by atoms with Crippen LogP contribution >= 0.6 is 23.3 Å². The van der Waals surface area contributed by atoms with Crippen molar-refractivity contribution in [3.63, 3.8) is 0 Å². The monoisotopic (exact) mass is 267 g/mol.